The lowest BCUT2D eigenvalue weighted by molar-refractivity contribution is -0.134. The lowest BCUT2D eigenvalue weighted by Gasteiger charge is -2.36. The van der Waals surface area contributed by atoms with Crippen LogP contribution in [0.3, 0.4) is 0 Å². The highest BCUT2D eigenvalue weighted by Crippen LogP contribution is 2.14. The lowest BCUT2D eigenvalue weighted by atomic mass is 10.2. The van der Waals surface area contributed by atoms with Crippen molar-refractivity contribution in [3.05, 3.63) is 29.8 Å². The van der Waals surface area contributed by atoms with E-state index in [0.717, 1.165) is 13.1 Å². The molecule has 11 heteroatoms. The van der Waals surface area contributed by atoms with Gasteiger partial charge in [0.15, 0.2) is 0 Å². The van der Waals surface area contributed by atoms with E-state index >= 15 is 0 Å². The van der Waals surface area contributed by atoms with Gasteiger partial charge in [0, 0.05) is 44.8 Å². The monoisotopic (exact) mass is 426 g/mol. The summed E-state index contributed by atoms with van der Waals surface area (Å²) < 4.78 is 29.1. The van der Waals surface area contributed by atoms with Gasteiger partial charge in [-0.25, -0.2) is 8.42 Å². The normalized spacial score (nSPS) is 18.7. The summed E-state index contributed by atoms with van der Waals surface area (Å²) in [6, 6.07) is 5.67. The van der Waals surface area contributed by atoms with Crippen LogP contribution in [0.2, 0.25) is 0 Å². The molecule has 2 saturated heterocycles. The largest absolute Gasteiger partial charge is 0.379 e. The number of carbonyl (C=O) groups excluding carboxylic acids is 2. The quantitative estimate of drug-likeness (QED) is 0.590. The topological polar surface area (TPSA) is 108 Å². The van der Waals surface area contributed by atoms with E-state index in [9.17, 15) is 18.0 Å². The minimum Gasteiger partial charge on any atom is -0.379 e. The van der Waals surface area contributed by atoms with Gasteiger partial charge >= 0.3 is 0 Å². The Balaban J connectivity index is 1.52. The van der Waals surface area contributed by atoms with E-state index in [1.807, 2.05) is 4.89 Å². The number of hydrogen-bond donors (Lipinski definition) is 1. The van der Waals surface area contributed by atoms with Gasteiger partial charge in [-0.1, -0.05) is 4.89 Å². The summed E-state index contributed by atoms with van der Waals surface area (Å²) in [5.74, 6) is -0.117. The third kappa shape index (κ3) is 5.52. The molecule has 2 heterocycles. The summed E-state index contributed by atoms with van der Waals surface area (Å²) in [5.41, 5.74) is 0.398. The Labute approximate surface area is 170 Å². The van der Waals surface area contributed by atoms with E-state index in [-0.39, 0.29) is 16.7 Å². The van der Waals surface area contributed by atoms with Gasteiger partial charge in [-0.15, -0.1) is 0 Å². The first-order valence-electron chi connectivity index (χ1n) is 9.43. The van der Waals surface area contributed by atoms with Crippen LogP contribution < -0.4 is 4.89 Å². The van der Waals surface area contributed by atoms with Gasteiger partial charge in [-0.3, -0.25) is 19.3 Å². The fourth-order valence-electron chi connectivity index (χ4n) is 3.33. The molecule has 2 aliphatic heterocycles. The number of benzene rings is 1. The number of nitrogens with one attached hydrogen (secondary N) is 1. The first-order valence-corrected chi connectivity index (χ1v) is 10.9. The molecule has 0 spiro atoms. The molecule has 1 aromatic carbocycles. The minimum absolute atomic E-state index is 0.00873. The van der Waals surface area contributed by atoms with Crippen molar-refractivity contribution >= 4 is 21.8 Å². The second-order valence-corrected chi connectivity index (χ2v) is 8.52. The summed E-state index contributed by atoms with van der Waals surface area (Å²) in [4.78, 5) is 37.1. The molecule has 29 heavy (non-hydrogen) atoms. The SMILES string of the molecule is CONS(=O)(=O)c1ccc(C(=O)N2CCN(C(=O)CN3CCOCC3)CC2)cc1. The van der Waals surface area contributed by atoms with Gasteiger partial charge in [-0.05, 0) is 24.3 Å². The highest BCUT2D eigenvalue weighted by Gasteiger charge is 2.26. The van der Waals surface area contributed by atoms with E-state index in [1.54, 1.807) is 9.80 Å². The molecule has 0 unspecified atom stereocenters. The lowest BCUT2D eigenvalue weighted by Crippen LogP contribution is -2.53. The fourth-order valence-corrected chi connectivity index (χ4v) is 4.14. The van der Waals surface area contributed by atoms with Crippen LogP contribution in [0.5, 0.6) is 0 Å². The second-order valence-electron chi connectivity index (χ2n) is 6.88. The van der Waals surface area contributed by atoms with Gasteiger partial charge in [0.05, 0.1) is 31.8 Å². The van der Waals surface area contributed by atoms with Crippen molar-refractivity contribution in [2.45, 2.75) is 4.90 Å². The Kier molecular flexibility index (Phi) is 7.19. The van der Waals surface area contributed by atoms with E-state index in [2.05, 4.69) is 9.74 Å². The van der Waals surface area contributed by atoms with Crippen molar-refractivity contribution in [3.63, 3.8) is 0 Å². The molecule has 2 aliphatic rings. The Morgan fingerprint density at radius 2 is 1.59 bits per heavy atom. The molecule has 0 aromatic heterocycles. The van der Waals surface area contributed by atoms with Gasteiger partial charge in [-0.2, -0.15) is 0 Å². The Hall–Kier alpha value is -2.05. The number of morpholine rings is 1. The van der Waals surface area contributed by atoms with Gasteiger partial charge < -0.3 is 14.5 Å². The molecule has 2 fully saturated rings. The average molecular weight is 426 g/mol. The number of nitrogens with zero attached hydrogens (tertiary/aromatic N) is 3. The maximum atomic E-state index is 12.7. The smallest absolute Gasteiger partial charge is 0.262 e. The second kappa shape index (κ2) is 9.63. The molecule has 0 radical (unpaired) electrons. The third-order valence-electron chi connectivity index (χ3n) is 4.99. The molecule has 160 valence electrons. The predicted molar refractivity (Wildman–Crippen MR) is 104 cm³/mol. The Bertz CT molecular complexity index is 815. The van der Waals surface area contributed by atoms with Crippen LogP contribution in [0.4, 0.5) is 0 Å². The molecule has 10 nitrogen and oxygen atoms in total. The third-order valence-corrected chi connectivity index (χ3v) is 6.27. The summed E-state index contributed by atoms with van der Waals surface area (Å²) in [6.45, 7) is 5.05. The van der Waals surface area contributed by atoms with E-state index < -0.39 is 10.0 Å². The predicted octanol–water partition coefficient (Wildman–Crippen LogP) is -0.857. The van der Waals surface area contributed by atoms with Gasteiger partial charge in [0.25, 0.3) is 15.9 Å². The van der Waals surface area contributed by atoms with Crippen molar-refractivity contribution in [2.75, 3.05) is 66.1 Å². The van der Waals surface area contributed by atoms with E-state index in [0.29, 0.717) is 51.5 Å². The van der Waals surface area contributed by atoms with Crippen LogP contribution in [-0.4, -0.2) is 101 Å². The Morgan fingerprint density at radius 1 is 1.00 bits per heavy atom. The molecule has 3 rings (SSSR count). The molecule has 2 amide bonds. The maximum Gasteiger partial charge on any atom is 0.262 e. The summed E-state index contributed by atoms with van der Waals surface area (Å²) in [7, 11) is -2.55. The van der Waals surface area contributed by atoms with Crippen LogP contribution in [0, 0.1) is 0 Å². The number of hydrogen-bond acceptors (Lipinski definition) is 7. The molecule has 0 saturated carbocycles. The molecule has 0 atom stereocenters. The van der Waals surface area contributed by atoms with Crippen molar-refractivity contribution in [3.8, 4) is 0 Å². The standard InChI is InChI=1S/C18H26N4O6S/c1-27-19-29(25,26)16-4-2-15(3-5-16)18(24)22-8-6-21(7-9-22)17(23)14-20-10-12-28-13-11-20/h2-5,19H,6-14H2,1H3. The van der Waals surface area contributed by atoms with Crippen molar-refractivity contribution < 1.29 is 27.6 Å². The summed E-state index contributed by atoms with van der Waals surface area (Å²) in [6.07, 6.45) is 0. The fraction of sp³-hybridized carbons (Fsp3) is 0.556. The van der Waals surface area contributed by atoms with Crippen LogP contribution >= 0.6 is 0 Å². The number of rotatable bonds is 6. The molecular weight excluding hydrogens is 400 g/mol. The van der Waals surface area contributed by atoms with Gasteiger partial charge in [0.2, 0.25) is 5.91 Å². The molecule has 1 aromatic rings. The average Bonchev–Trinajstić information content (AvgIpc) is 2.74. The van der Waals surface area contributed by atoms with E-state index in [4.69, 9.17) is 4.74 Å². The summed E-state index contributed by atoms with van der Waals surface area (Å²) >= 11 is 0. The molecular formula is C18H26N4O6S. The maximum absolute atomic E-state index is 12.7. The van der Waals surface area contributed by atoms with E-state index in [1.165, 1.54) is 31.4 Å². The molecule has 0 bridgehead atoms. The van der Waals surface area contributed by atoms with Gasteiger partial charge in [0.1, 0.15) is 0 Å². The van der Waals surface area contributed by atoms with Crippen molar-refractivity contribution in [1.82, 2.24) is 19.6 Å². The first-order chi connectivity index (χ1) is 13.9. The van der Waals surface area contributed by atoms with Crippen LogP contribution in [-0.2, 0) is 24.4 Å². The zero-order valence-electron chi connectivity index (χ0n) is 16.4. The number of piperazine rings is 1. The highest BCUT2D eigenvalue weighted by molar-refractivity contribution is 7.89. The zero-order valence-corrected chi connectivity index (χ0v) is 17.2. The zero-order chi connectivity index (χ0) is 20.9. The number of sulfonamides is 1. The Morgan fingerprint density at radius 3 is 2.17 bits per heavy atom. The van der Waals surface area contributed by atoms with Crippen LogP contribution in [0.15, 0.2) is 29.2 Å². The molecule has 1 N–H and O–H groups in total. The number of ether oxygens (including phenoxy) is 1. The summed E-state index contributed by atoms with van der Waals surface area (Å²) in [5, 5.41) is 0. The van der Waals surface area contributed by atoms with Crippen molar-refractivity contribution in [2.24, 2.45) is 0 Å². The minimum atomic E-state index is -3.76. The highest BCUT2D eigenvalue weighted by atomic mass is 32.2. The number of carbonyl (C=O) groups is 2. The van der Waals surface area contributed by atoms with Crippen LogP contribution in [0.1, 0.15) is 10.4 Å². The first kappa shape index (κ1) is 21.7. The molecule has 0 aliphatic carbocycles. The number of amides is 2. The van der Waals surface area contributed by atoms with Crippen molar-refractivity contribution in [1.29, 1.82) is 0 Å². The van der Waals surface area contributed by atoms with Crippen LogP contribution in [0.25, 0.3) is 0 Å².